The minimum atomic E-state index is -0.649. The van der Waals surface area contributed by atoms with E-state index in [0.717, 1.165) is 6.42 Å². The quantitative estimate of drug-likeness (QED) is 0.421. The number of carbonyl (C=O) groups excluding carboxylic acids is 1. The molecule has 2 aromatic rings. The second-order valence-corrected chi connectivity index (χ2v) is 6.65. The van der Waals surface area contributed by atoms with Crippen LogP contribution >= 0.6 is 12.2 Å². The summed E-state index contributed by atoms with van der Waals surface area (Å²) in [4.78, 5) is 22.7. The van der Waals surface area contributed by atoms with Crippen LogP contribution in [0.15, 0.2) is 48.5 Å². The molecule has 2 aromatic carbocycles. The molecule has 2 N–H and O–H groups in total. The van der Waals surface area contributed by atoms with Gasteiger partial charge in [0.05, 0.1) is 11.5 Å². The third-order valence-corrected chi connectivity index (χ3v) is 3.83. The molecule has 8 heteroatoms. The first kappa shape index (κ1) is 20.3. The smallest absolute Gasteiger partial charge is 0.282 e. The third kappa shape index (κ3) is 6.34. The number of amides is 1. The fourth-order valence-electron chi connectivity index (χ4n) is 2.23. The summed E-state index contributed by atoms with van der Waals surface area (Å²) in [5.74, 6) is 0.591. The lowest BCUT2D eigenvalue weighted by atomic mass is 10.1. The normalized spacial score (nSPS) is 10.3. The van der Waals surface area contributed by atoms with Gasteiger partial charge in [0, 0.05) is 17.8 Å². The van der Waals surface area contributed by atoms with Gasteiger partial charge in [0.25, 0.3) is 11.6 Å². The Bertz CT molecular complexity index is 839. The Morgan fingerprint density at radius 3 is 2.67 bits per heavy atom. The van der Waals surface area contributed by atoms with Crippen LogP contribution in [0.1, 0.15) is 30.6 Å². The van der Waals surface area contributed by atoms with Gasteiger partial charge in [-0.05, 0) is 42.8 Å². The zero-order valence-corrected chi connectivity index (χ0v) is 15.9. The topological polar surface area (TPSA) is 93.5 Å². The molecule has 0 saturated carbocycles. The Kier molecular flexibility index (Phi) is 7.25. The Labute approximate surface area is 162 Å². The fraction of sp³-hybridized carbons (Fsp3) is 0.263. The van der Waals surface area contributed by atoms with Gasteiger partial charge in [0.15, 0.2) is 5.11 Å². The summed E-state index contributed by atoms with van der Waals surface area (Å²) >= 11 is 5.13. The summed E-state index contributed by atoms with van der Waals surface area (Å²) in [5.41, 5.74) is 0.306. The van der Waals surface area contributed by atoms with Crippen LogP contribution in [-0.2, 0) is 0 Å². The van der Waals surface area contributed by atoms with Gasteiger partial charge in [0.1, 0.15) is 11.3 Å². The van der Waals surface area contributed by atoms with E-state index in [1.807, 2.05) is 6.07 Å². The molecular weight excluding hydrogens is 366 g/mol. The number of hydrogen-bond acceptors (Lipinski definition) is 5. The molecule has 0 saturated heterocycles. The minimum Gasteiger partial charge on any atom is -0.494 e. The van der Waals surface area contributed by atoms with Crippen LogP contribution in [0.3, 0.4) is 0 Å². The van der Waals surface area contributed by atoms with Crippen LogP contribution in [0, 0.1) is 16.0 Å². The van der Waals surface area contributed by atoms with Gasteiger partial charge < -0.3 is 10.1 Å². The molecule has 0 bridgehead atoms. The molecule has 1 amide bonds. The molecule has 0 fully saturated rings. The largest absolute Gasteiger partial charge is 0.494 e. The van der Waals surface area contributed by atoms with Crippen molar-refractivity contribution in [3.63, 3.8) is 0 Å². The van der Waals surface area contributed by atoms with Crippen molar-refractivity contribution in [1.29, 1.82) is 0 Å². The number of ether oxygens (including phenoxy) is 1. The molecule has 2 rings (SSSR count). The summed E-state index contributed by atoms with van der Waals surface area (Å²) in [6.07, 6.45) is 0.946. The predicted octanol–water partition coefficient (Wildman–Crippen LogP) is 4.15. The van der Waals surface area contributed by atoms with Crippen molar-refractivity contribution >= 4 is 34.6 Å². The number of nitro benzene ring substituents is 1. The maximum absolute atomic E-state index is 12.3. The van der Waals surface area contributed by atoms with Crippen molar-refractivity contribution in [1.82, 2.24) is 5.32 Å². The lowest BCUT2D eigenvalue weighted by Crippen LogP contribution is -2.34. The molecule has 0 aliphatic carbocycles. The van der Waals surface area contributed by atoms with Gasteiger partial charge in [0.2, 0.25) is 0 Å². The van der Waals surface area contributed by atoms with Crippen molar-refractivity contribution in [3.8, 4) is 5.75 Å². The predicted molar refractivity (Wildman–Crippen MR) is 108 cm³/mol. The van der Waals surface area contributed by atoms with Crippen LogP contribution in [0.2, 0.25) is 0 Å². The van der Waals surface area contributed by atoms with E-state index < -0.39 is 10.8 Å². The Morgan fingerprint density at radius 2 is 1.96 bits per heavy atom. The number of hydrogen-bond donors (Lipinski definition) is 2. The molecule has 0 aromatic heterocycles. The molecular formula is C19H21N3O4S. The Morgan fingerprint density at radius 1 is 1.22 bits per heavy atom. The van der Waals surface area contributed by atoms with Gasteiger partial charge in [-0.3, -0.25) is 20.2 Å². The zero-order chi connectivity index (χ0) is 19.8. The van der Waals surface area contributed by atoms with Crippen LogP contribution in [0.25, 0.3) is 0 Å². The van der Waals surface area contributed by atoms with Crippen molar-refractivity contribution in [3.05, 3.63) is 64.2 Å². The molecule has 0 heterocycles. The average molecular weight is 387 g/mol. The number of carbonyl (C=O) groups is 1. The van der Waals surface area contributed by atoms with E-state index in [4.69, 9.17) is 17.0 Å². The molecule has 0 atom stereocenters. The lowest BCUT2D eigenvalue weighted by Gasteiger charge is -2.12. The monoisotopic (exact) mass is 387 g/mol. The first-order valence-corrected chi connectivity index (χ1v) is 8.86. The van der Waals surface area contributed by atoms with E-state index in [9.17, 15) is 14.9 Å². The van der Waals surface area contributed by atoms with Crippen molar-refractivity contribution in [2.24, 2.45) is 5.92 Å². The molecule has 0 radical (unpaired) electrons. The number of nitrogens with zero attached hydrogens (tertiary/aromatic N) is 1. The summed E-state index contributed by atoms with van der Waals surface area (Å²) in [7, 11) is 0. The number of thiocarbonyl (C=S) groups is 1. The maximum atomic E-state index is 12.3. The van der Waals surface area contributed by atoms with E-state index >= 15 is 0 Å². The highest BCUT2D eigenvalue weighted by molar-refractivity contribution is 7.80. The number of rotatable bonds is 7. The molecule has 7 nitrogen and oxygen atoms in total. The standard InChI is InChI=1S/C19H21N3O4S/c1-13(2)10-11-26-15-7-5-6-14(12-15)20-19(27)21-18(23)16-8-3-4-9-17(16)22(24)25/h3-9,12-13H,10-11H2,1-2H3,(H2,20,21,23,27). The zero-order valence-electron chi connectivity index (χ0n) is 15.1. The number of benzene rings is 2. The highest BCUT2D eigenvalue weighted by Crippen LogP contribution is 2.19. The van der Waals surface area contributed by atoms with Crippen LogP contribution in [0.4, 0.5) is 11.4 Å². The fourth-order valence-corrected chi connectivity index (χ4v) is 2.44. The van der Waals surface area contributed by atoms with Gasteiger partial charge in [-0.1, -0.05) is 32.0 Å². The number of nitro groups is 1. The SMILES string of the molecule is CC(C)CCOc1cccc(NC(=S)NC(=O)c2ccccc2[N+](=O)[O-])c1. The number of para-hydroxylation sites is 1. The van der Waals surface area contributed by atoms with E-state index in [-0.39, 0.29) is 16.4 Å². The maximum Gasteiger partial charge on any atom is 0.282 e. The van der Waals surface area contributed by atoms with E-state index in [1.54, 1.807) is 24.3 Å². The summed E-state index contributed by atoms with van der Waals surface area (Å²) in [6, 6.07) is 12.9. The number of nitrogens with one attached hydrogen (secondary N) is 2. The van der Waals surface area contributed by atoms with Gasteiger partial charge in [-0.2, -0.15) is 0 Å². The van der Waals surface area contributed by atoms with E-state index in [0.29, 0.717) is 24.0 Å². The van der Waals surface area contributed by atoms with Crippen LogP contribution < -0.4 is 15.4 Å². The molecule has 27 heavy (non-hydrogen) atoms. The lowest BCUT2D eigenvalue weighted by molar-refractivity contribution is -0.385. The van der Waals surface area contributed by atoms with E-state index in [1.165, 1.54) is 18.2 Å². The summed E-state index contributed by atoms with van der Waals surface area (Å²) < 4.78 is 5.69. The average Bonchev–Trinajstić information content (AvgIpc) is 2.61. The van der Waals surface area contributed by atoms with Crippen molar-refractivity contribution in [2.45, 2.75) is 20.3 Å². The van der Waals surface area contributed by atoms with Crippen molar-refractivity contribution in [2.75, 3.05) is 11.9 Å². The third-order valence-electron chi connectivity index (χ3n) is 3.63. The van der Waals surface area contributed by atoms with Crippen molar-refractivity contribution < 1.29 is 14.5 Å². The summed E-state index contributed by atoms with van der Waals surface area (Å²) in [6.45, 7) is 4.86. The molecule has 0 unspecified atom stereocenters. The number of anilines is 1. The minimum absolute atomic E-state index is 0.0393. The van der Waals surface area contributed by atoms with Crippen LogP contribution in [0.5, 0.6) is 5.75 Å². The highest BCUT2D eigenvalue weighted by Gasteiger charge is 2.19. The first-order chi connectivity index (χ1) is 12.9. The molecule has 142 valence electrons. The Balaban J connectivity index is 1.98. The van der Waals surface area contributed by atoms with Gasteiger partial charge in [-0.15, -0.1) is 0 Å². The second kappa shape index (κ2) is 9.63. The van der Waals surface area contributed by atoms with Gasteiger partial charge in [-0.25, -0.2) is 0 Å². The van der Waals surface area contributed by atoms with Gasteiger partial charge >= 0.3 is 0 Å². The molecule has 0 aliphatic heterocycles. The summed E-state index contributed by atoms with van der Waals surface area (Å²) in [5, 5.41) is 16.4. The Hall–Kier alpha value is -3.00. The molecule has 0 spiro atoms. The highest BCUT2D eigenvalue weighted by atomic mass is 32.1. The second-order valence-electron chi connectivity index (χ2n) is 6.24. The first-order valence-electron chi connectivity index (χ1n) is 8.45. The molecule has 0 aliphatic rings. The van der Waals surface area contributed by atoms with Crippen LogP contribution in [-0.4, -0.2) is 22.5 Å². The van der Waals surface area contributed by atoms with E-state index in [2.05, 4.69) is 24.5 Å².